The van der Waals surface area contributed by atoms with Crippen molar-refractivity contribution in [3.8, 4) is 0 Å². The Morgan fingerprint density at radius 3 is 1.79 bits per heavy atom. The number of thiocarbonyl (C=S) groups is 2. The Morgan fingerprint density at radius 2 is 1.32 bits per heavy atom. The van der Waals surface area contributed by atoms with Gasteiger partial charge in [0, 0.05) is 27.7 Å². The summed E-state index contributed by atoms with van der Waals surface area (Å²) in [6, 6.07) is 0. The van der Waals surface area contributed by atoms with E-state index in [2.05, 4.69) is 29.2 Å². The molecule has 0 radical (unpaired) electrons. The summed E-state index contributed by atoms with van der Waals surface area (Å²) in [5.74, 6) is 0. The van der Waals surface area contributed by atoms with Crippen LogP contribution in [0, 0.1) is 0 Å². The fourth-order valence-corrected chi connectivity index (χ4v) is 1.88. The molecule has 0 atom stereocenters. The van der Waals surface area contributed by atoms with E-state index in [1.54, 1.807) is 0 Å². The quantitative estimate of drug-likeness (QED) is 0.568. The van der Waals surface area contributed by atoms with E-state index >= 15 is 0 Å². The van der Waals surface area contributed by atoms with Gasteiger partial charge in [0.25, 0.3) is 0 Å². The fourth-order valence-electron chi connectivity index (χ4n) is 1.53. The standard InChI is InChI=1S/C13H28N4S2/c1-15(2)10-8-6-7-9-11-17(5)13(19)14-12(18)16(3)4/h6-11H2,1-5H3,(H,14,18,19). The van der Waals surface area contributed by atoms with Crippen molar-refractivity contribution in [2.24, 2.45) is 0 Å². The van der Waals surface area contributed by atoms with Crippen molar-refractivity contribution >= 4 is 34.7 Å². The summed E-state index contributed by atoms with van der Waals surface area (Å²) >= 11 is 10.5. The highest BCUT2D eigenvalue weighted by Crippen LogP contribution is 2.02. The van der Waals surface area contributed by atoms with Crippen LogP contribution >= 0.6 is 24.4 Å². The second kappa shape index (κ2) is 10.3. The summed E-state index contributed by atoms with van der Waals surface area (Å²) in [5, 5.41) is 4.41. The summed E-state index contributed by atoms with van der Waals surface area (Å²) in [6.07, 6.45) is 4.96. The van der Waals surface area contributed by atoms with Gasteiger partial charge in [-0.15, -0.1) is 0 Å². The first-order valence-electron chi connectivity index (χ1n) is 6.72. The van der Waals surface area contributed by atoms with Crippen LogP contribution in [0.4, 0.5) is 0 Å². The molecule has 0 aromatic heterocycles. The summed E-state index contributed by atoms with van der Waals surface area (Å²) in [6.45, 7) is 2.15. The predicted octanol–water partition coefficient (Wildman–Crippen LogP) is 1.76. The molecule has 0 aliphatic heterocycles. The van der Waals surface area contributed by atoms with E-state index in [-0.39, 0.29) is 0 Å². The zero-order valence-electron chi connectivity index (χ0n) is 12.9. The molecule has 19 heavy (non-hydrogen) atoms. The van der Waals surface area contributed by atoms with Crippen molar-refractivity contribution in [3.63, 3.8) is 0 Å². The van der Waals surface area contributed by atoms with E-state index in [1.165, 1.54) is 32.2 Å². The molecule has 0 aliphatic carbocycles. The molecule has 0 heterocycles. The molecule has 0 fully saturated rings. The van der Waals surface area contributed by atoms with Crippen molar-refractivity contribution in [2.45, 2.75) is 25.7 Å². The van der Waals surface area contributed by atoms with Crippen molar-refractivity contribution in [2.75, 3.05) is 48.3 Å². The molecule has 0 unspecified atom stereocenters. The van der Waals surface area contributed by atoms with Gasteiger partial charge in [-0.25, -0.2) is 0 Å². The minimum Gasteiger partial charge on any atom is -0.355 e. The lowest BCUT2D eigenvalue weighted by atomic mass is 10.2. The second-order valence-corrected chi connectivity index (χ2v) is 6.04. The monoisotopic (exact) mass is 304 g/mol. The molecule has 0 rings (SSSR count). The van der Waals surface area contributed by atoms with Crippen LogP contribution in [-0.4, -0.2) is 73.3 Å². The third kappa shape index (κ3) is 10.0. The lowest BCUT2D eigenvalue weighted by molar-refractivity contribution is 0.385. The maximum absolute atomic E-state index is 5.30. The highest BCUT2D eigenvalue weighted by atomic mass is 32.1. The zero-order chi connectivity index (χ0) is 14.8. The fraction of sp³-hybridized carbons (Fsp3) is 0.846. The molecule has 0 bridgehead atoms. The molecule has 4 nitrogen and oxygen atoms in total. The van der Waals surface area contributed by atoms with Crippen LogP contribution in [0.1, 0.15) is 25.7 Å². The van der Waals surface area contributed by atoms with Crippen molar-refractivity contribution in [1.82, 2.24) is 20.0 Å². The molecule has 0 amide bonds. The van der Waals surface area contributed by atoms with Crippen LogP contribution in [0.5, 0.6) is 0 Å². The van der Waals surface area contributed by atoms with Gasteiger partial charge in [-0.3, -0.25) is 0 Å². The molecule has 0 saturated heterocycles. The molecule has 112 valence electrons. The van der Waals surface area contributed by atoms with Gasteiger partial charge in [0.15, 0.2) is 10.2 Å². The van der Waals surface area contributed by atoms with Crippen LogP contribution in [0.3, 0.4) is 0 Å². The Labute approximate surface area is 129 Å². The predicted molar refractivity (Wildman–Crippen MR) is 91.7 cm³/mol. The van der Waals surface area contributed by atoms with Crippen molar-refractivity contribution < 1.29 is 0 Å². The van der Waals surface area contributed by atoms with Crippen LogP contribution in [-0.2, 0) is 0 Å². The van der Waals surface area contributed by atoms with Gasteiger partial charge >= 0.3 is 0 Å². The lowest BCUT2D eigenvalue weighted by Gasteiger charge is -2.23. The largest absolute Gasteiger partial charge is 0.355 e. The Hall–Kier alpha value is -0.460. The van der Waals surface area contributed by atoms with Crippen LogP contribution in [0.25, 0.3) is 0 Å². The second-order valence-electron chi connectivity index (χ2n) is 5.27. The van der Waals surface area contributed by atoms with Crippen LogP contribution in [0.2, 0.25) is 0 Å². The van der Waals surface area contributed by atoms with Gasteiger partial charge < -0.3 is 20.0 Å². The SMILES string of the molecule is CN(C)CCCCCCN(C)C(=S)NC(=S)N(C)C. The van der Waals surface area contributed by atoms with Gasteiger partial charge in [-0.1, -0.05) is 12.8 Å². The Kier molecular flexibility index (Phi) is 10.1. The maximum atomic E-state index is 5.30. The average molecular weight is 305 g/mol. The summed E-state index contributed by atoms with van der Waals surface area (Å²) in [5.41, 5.74) is 0. The molecule has 0 saturated carbocycles. The number of hydrogen-bond donors (Lipinski definition) is 1. The van der Waals surface area contributed by atoms with E-state index in [9.17, 15) is 0 Å². The van der Waals surface area contributed by atoms with Gasteiger partial charge in [0.05, 0.1) is 0 Å². The zero-order valence-corrected chi connectivity index (χ0v) is 14.5. The summed E-state index contributed by atoms with van der Waals surface area (Å²) in [4.78, 5) is 6.13. The summed E-state index contributed by atoms with van der Waals surface area (Å²) < 4.78 is 0. The van der Waals surface area contributed by atoms with E-state index < -0.39 is 0 Å². The molecule has 0 aliphatic rings. The number of hydrogen-bond acceptors (Lipinski definition) is 3. The molecule has 1 N–H and O–H groups in total. The third-order valence-corrected chi connectivity index (χ3v) is 3.70. The molecule has 6 heteroatoms. The van der Waals surface area contributed by atoms with Crippen molar-refractivity contribution in [1.29, 1.82) is 0 Å². The lowest BCUT2D eigenvalue weighted by Crippen LogP contribution is -2.44. The highest BCUT2D eigenvalue weighted by Gasteiger charge is 2.06. The topological polar surface area (TPSA) is 21.8 Å². The number of unbranched alkanes of at least 4 members (excludes halogenated alkanes) is 3. The van der Waals surface area contributed by atoms with Gasteiger partial charge in [0.1, 0.15) is 0 Å². The van der Waals surface area contributed by atoms with Crippen molar-refractivity contribution in [3.05, 3.63) is 0 Å². The van der Waals surface area contributed by atoms with E-state index in [1.807, 2.05) is 26.0 Å². The smallest absolute Gasteiger partial charge is 0.174 e. The minimum absolute atomic E-state index is 0.655. The summed E-state index contributed by atoms with van der Waals surface area (Å²) in [7, 11) is 10.1. The van der Waals surface area contributed by atoms with Gasteiger partial charge in [-0.2, -0.15) is 0 Å². The van der Waals surface area contributed by atoms with Gasteiger partial charge in [0.2, 0.25) is 0 Å². The van der Waals surface area contributed by atoms with Crippen LogP contribution in [0.15, 0.2) is 0 Å². The average Bonchev–Trinajstić information content (AvgIpc) is 2.32. The number of nitrogens with zero attached hydrogens (tertiary/aromatic N) is 3. The van der Waals surface area contributed by atoms with Gasteiger partial charge in [-0.05, 0) is 57.9 Å². The normalized spacial score (nSPS) is 10.4. The molecular weight excluding hydrogens is 276 g/mol. The number of rotatable bonds is 7. The van der Waals surface area contributed by atoms with E-state index in [4.69, 9.17) is 24.4 Å². The Balaban J connectivity index is 3.65. The first-order valence-corrected chi connectivity index (χ1v) is 7.54. The third-order valence-electron chi connectivity index (χ3n) is 2.82. The molecular formula is C13H28N4S2. The highest BCUT2D eigenvalue weighted by molar-refractivity contribution is 7.81. The molecule has 0 aromatic carbocycles. The Morgan fingerprint density at radius 1 is 0.789 bits per heavy atom. The van der Waals surface area contributed by atoms with Crippen LogP contribution < -0.4 is 5.32 Å². The Bertz CT molecular complexity index is 280. The van der Waals surface area contributed by atoms with E-state index in [0.717, 1.165) is 6.54 Å². The first kappa shape index (κ1) is 18.5. The minimum atomic E-state index is 0.655. The van der Waals surface area contributed by atoms with E-state index in [0.29, 0.717) is 10.2 Å². The molecule has 0 aromatic rings. The first-order chi connectivity index (χ1) is 8.84. The maximum Gasteiger partial charge on any atom is 0.174 e. The molecule has 0 spiro atoms. The number of nitrogens with one attached hydrogen (secondary N) is 1.